The molecule has 1 aromatic rings. The number of terminal acetylenes is 1. The van der Waals surface area contributed by atoms with Crippen LogP contribution in [0.4, 0.5) is 5.69 Å². The summed E-state index contributed by atoms with van der Waals surface area (Å²) in [5, 5.41) is 15.1. The first-order valence-corrected chi connectivity index (χ1v) is 5.75. The zero-order chi connectivity index (χ0) is 15.1. The van der Waals surface area contributed by atoms with E-state index in [1.54, 1.807) is 0 Å². The van der Waals surface area contributed by atoms with Crippen LogP contribution >= 0.6 is 11.6 Å². The highest BCUT2D eigenvalue weighted by Gasteiger charge is 2.15. The summed E-state index contributed by atoms with van der Waals surface area (Å²) in [7, 11) is 0. The number of rotatable bonds is 5. The number of nitro benzene ring substituents is 1. The Hall–Kier alpha value is -2.59. The summed E-state index contributed by atoms with van der Waals surface area (Å²) >= 11 is 5.68. The van der Waals surface area contributed by atoms with Gasteiger partial charge in [0.1, 0.15) is 5.02 Å². The van der Waals surface area contributed by atoms with Crippen molar-refractivity contribution in [2.45, 2.75) is 0 Å². The van der Waals surface area contributed by atoms with E-state index in [1.165, 1.54) is 6.07 Å². The fourth-order valence-corrected chi connectivity index (χ4v) is 1.52. The third kappa shape index (κ3) is 4.26. The maximum atomic E-state index is 11.7. The van der Waals surface area contributed by atoms with Crippen LogP contribution in [0.25, 0.3) is 0 Å². The third-order valence-corrected chi connectivity index (χ3v) is 2.51. The minimum Gasteiger partial charge on any atom is -0.344 e. The third-order valence-electron chi connectivity index (χ3n) is 2.20. The predicted molar refractivity (Wildman–Crippen MR) is 72.3 cm³/mol. The van der Waals surface area contributed by atoms with E-state index in [-0.39, 0.29) is 29.4 Å². The number of halogens is 1. The van der Waals surface area contributed by atoms with Gasteiger partial charge in [0, 0.05) is 11.6 Å². The molecule has 0 heterocycles. The van der Waals surface area contributed by atoms with Gasteiger partial charge in [0.05, 0.1) is 18.0 Å². The molecule has 0 aliphatic rings. The number of nitro groups is 1. The van der Waals surface area contributed by atoms with Crippen molar-refractivity contribution in [2.24, 2.45) is 0 Å². The van der Waals surface area contributed by atoms with Crippen LogP contribution in [0.15, 0.2) is 18.2 Å². The monoisotopic (exact) mass is 295 g/mol. The molecule has 0 fully saturated rings. The van der Waals surface area contributed by atoms with Gasteiger partial charge < -0.3 is 10.6 Å². The Kier molecular flexibility index (Phi) is 5.50. The van der Waals surface area contributed by atoms with Crippen LogP contribution in [0.1, 0.15) is 10.4 Å². The van der Waals surface area contributed by atoms with E-state index in [1.807, 2.05) is 0 Å². The van der Waals surface area contributed by atoms with E-state index in [2.05, 4.69) is 16.6 Å². The molecule has 0 aromatic heterocycles. The van der Waals surface area contributed by atoms with E-state index >= 15 is 0 Å². The molecule has 0 saturated heterocycles. The molecule has 1 aromatic carbocycles. The first kappa shape index (κ1) is 15.5. The average Bonchev–Trinajstić information content (AvgIpc) is 2.41. The molecule has 0 aliphatic carbocycles. The minimum atomic E-state index is -0.655. The van der Waals surface area contributed by atoms with Crippen LogP contribution < -0.4 is 10.6 Å². The summed E-state index contributed by atoms with van der Waals surface area (Å²) in [6.45, 7) is -0.187. The summed E-state index contributed by atoms with van der Waals surface area (Å²) in [5.74, 6) is 1.20. The van der Waals surface area contributed by atoms with Crippen LogP contribution in [-0.4, -0.2) is 29.8 Å². The fraction of sp³-hybridized carbons (Fsp3) is 0.167. The lowest BCUT2D eigenvalue weighted by molar-refractivity contribution is -0.384. The number of carbonyl (C=O) groups is 2. The van der Waals surface area contributed by atoms with Gasteiger partial charge in [-0.1, -0.05) is 17.5 Å². The average molecular weight is 296 g/mol. The Balaban J connectivity index is 2.65. The van der Waals surface area contributed by atoms with Crippen LogP contribution in [0.5, 0.6) is 0 Å². The van der Waals surface area contributed by atoms with Crippen molar-refractivity contribution in [3.63, 3.8) is 0 Å². The van der Waals surface area contributed by atoms with Crippen LogP contribution in [0.2, 0.25) is 5.02 Å². The number of benzene rings is 1. The standard InChI is InChI=1S/C12H10ClN3O4/c1-2-5-14-11(17)7-15-12(18)8-3-4-10(16(19)20)9(13)6-8/h1,3-4,6H,5,7H2,(H,14,17)(H,15,18). The quantitative estimate of drug-likeness (QED) is 0.475. The number of nitrogens with one attached hydrogen (secondary N) is 2. The molecule has 0 atom stereocenters. The van der Waals surface area contributed by atoms with E-state index in [4.69, 9.17) is 18.0 Å². The zero-order valence-corrected chi connectivity index (χ0v) is 10.9. The largest absolute Gasteiger partial charge is 0.344 e. The van der Waals surface area contributed by atoms with Crippen molar-refractivity contribution in [3.05, 3.63) is 38.9 Å². The Morgan fingerprint density at radius 1 is 1.40 bits per heavy atom. The van der Waals surface area contributed by atoms with E-state index in [0.29, 0.717) is 0 Å². The molecule has 7 nitrogen and oxygen atoms in total. The van der Waals surface area contributed by atoms with Gasteiger partial charge >= 0.3 is 0 Å². The lowest BCUT2D eigenvalue weighted by Crippen LogP contribution is -2.37. The van der Waals surface area contributed by atoms with Gasteiger partial charge in [-0.25, -0.2) is 0 Å². The second-order valence-corrected chi connectivity index (χ2v) is 3.99. The topological polar surface area (TPSA) is 101 Å². The van der Waals surface area contributed by atoms with Gasteiger partial charge in [0.25, 0.3) is 11.6 Å². The molecule has 1 rings (SSSR count). The molecule has 0 spiro atoms. The van der Waals surface area contributed by atoms with E-state index < -0.39 is 16.7 Å². The molecule has 0 saturated carbocycles. The van der Waals surface area contributed by atoms with Crippen molar-refractivity contribution in [1.29, 1.82) is 0 Å². The van der Waals surface area contributed by atoms with Gasteiger partial charge in [-0.15, -0.1) is 6.42 Å². The minimum absolute atomic E-state index is 0.0675. The van der Waals surface area contributed by atoms with E-state index in [9.17, 15) is 19.7 Å². The lowest BCUT2D eigenvalue weighted by atomic mass is 10.2. The molecule has 0 aliphatic heterocycles. The van der Waals surface area contributed by atoms with E-state index in [0.717, 1.165) is 12.1 Å². The molecule has 0 bridgehead atoms. The molecular formula is C12H10ClN3O4. The molecule has 0 radical (unpaired) electrons. The molecule has 8 heteroatoms. The highest BCUT2D eigenvalue weighted by atomic mass is 35.5. The fourth-order valence-electron chi connectivity index (χ4n) is 1.27. The summed E-state index contributed by atoms with van der Waals surface area (Å²) < 4.78 is 0. The normalized spacial score (nSPS) is 9.40. The number of amides is 2. The molecular weight excluding hydrogens is 286 g/mol. The van der Waals surface area contributed by atoms with Crippen molar-refractivity contribution in [1.82, 2.24) is 10.6 Å². The Morgan fingerprint density at radius 3 is 2.65 bits per heavy atom. The van der Waals surface area contributed by atoms with Crippen molar-refractivity contribution in [2.75, 3.05) is 13.1 Å². The summed E-state index contributed by atoms with van der Waals surface area (Å²) in [6.07, 6.45) is 4.96. The zero-order valence-electron chi connectivity index (χ0n) is 10.2. The van der Waals surface area contributed by atoms with Crippen LogP contribution in [0, 0.1) is 22.5 Å². The number of hydrogen-bond acceptors (Lipinski definition) is 4. The first-order chi connectivity index (χ1) is 9.45. The summed E-state index contributed by atoms with van der Waals surface area (Å²) in [5.41, 5.74) is -0.180. The Morgan fingerprint density at radius 2 is 2.10 bits per heavy atom. The molecule has 2 amide bonds. The maximum absolute atomic E-state index is 11.7. The van der Waals surface area contributed by atoms with Gasteiger partial charge in [-0.05, 0) is 12.1 Å². The molecule has 20 heavy (non-hydrogen) atoms. The molecule has 2 N–H and O–H groups in total. The summed E-state index contributed by atoms with van der Waals surface area (Å²) in [4.78, 5) is 32.8. The first-order valence-electron chi connectivity index (χ1n) is 5.38. The SMILES string of the molecule is C#CCNC(=O)CNC(=O)c1ccc([N+](=O)[O-])c(Cl)c1. The van der Waals surface area contributed by atoms with Gasteiger partial charge in [0.15, 0.2) is 0 Å². The number of hydrogen-bond donors (Lipinski definition) is 2. The van der Waals surface area contributed by atoms with Gasteiger partial charge in [-0.3, -0.25) is 19.7 Å². The number of carbonyl (C=O) groups excluding carboxylic acids is 2. The Bertz CT molecular complexity index is 595. The molecule has 0 unspecified atom stereocenters. The number of nitrogens with zero attached hydrogens (tertiary/aromatic N) is 1. The second-order valence-electron chi connectivity index (χ2n) is 3.59. The molecule has 104 valence electrons. The van der Waals surface area contributed by atoms with Gasteiger partial charge in [0.2, 0.25) is 5.91 Å². The smallest absolute Gasteiger partial charge is 0.287 e. The van der Waals surface area contributed by atoms with Crippen molar-refractivity contribution < 1.29 is 14.5 Å². The van der Waals surface area contributed by atoms with Gasteiger partial charge in [-0.2, -0.15) is 0 Å². The summed E-state index contributed by atoms with van der Waals surface area (Å²) in [6, 6.07) is 3.53. The van der Waals surface area contributed by atoms with Crippen LogP contribution in [-0.2, 0) is 4.79 Å². The van der Waals surface area contributed by atoms with Crippen molar-refractivity contribution >= 4 is 29.1 Å². The lowest BCUT2D eigenvalue weighted by Gasteiger charge is -2.05. The van der Waals surface area contributed by atoms with Crippen molar-refractivity contribution in [3.8, 4) is 12.3 Å². The highest BCUT2D eigenvalue weighted by Crippen LogP contribution is 2.24. The van der Waals surface area contributed by atoms with Crippen LogP contribution in [0.3, 0.4) is 0 Å². The highest BCUT2D eigenvalue weighted by molar-refractivity contribution is 6.33. The Labute approximate surface area is 119 Å². The maximum Gasteiger partial charge on any atom is 0.287 e. The predicted octanol–water partition coefficient (Wildman–Crippen LogP) is 0.727. The second kappa shape index (κ2) is 7.11.